The minimum Gasteiger partial charge on any atom is -0.370 e. The van der Waals surface area contributed by atoms with Gasteiger partial charge in [0.2, 0.25) is 5.91 Å². The normalized spacial score (nSPS) is 18.6. The number of nitrogens with one attached hydrogen (secondary N) is 1. The van der Waals surface area contributed by atoms with E-state index in [-0.39, 0.29) is 12.5 Å². The van der Waals surface area contributed by atoms with Crippen molar-refractivity contribution in [2.75, 3.05) is 43.1 Å². The minimum atomic E-state index is -0.994. The molecule has 2 aliphatic rings. The Kier molecular flexibility index (Phi) is 6.64. The van der Waals surface area contributed by atoms with Crippen molar-refractivity contribution in [3.8, 4) is 0 Å². The number of hydrogen-bond donors (Lipinski definition) is 2. The third kappa shape index (κ3) is 4.69. The van der Waals surface area contributed by atoms with Gasteiger partial charge in [0, 0.05) is 24.5 Å². The summed E-state index contributed by atoms with van der Waals surface area (Å²) in [4.78, 5) is 40.1. The van der Waals surface area contributed by atoms with Gasteiger partial charge >= 0.3 is 0 Å². The number of morpholine rings is 1. The predicted octanol–water partition coefficient (Wildman–Crippen LogP) is 0.964. The Morgan fingerprint density at radius 3 is 2.57 bits per heavy atom. The van der Waals surface area contributed by atoms with Crippen molar-refractivity contribution in [2.45, 2.75) is 32.2 Å². The van der Waals surface area contributed by atoms with Crippen molar-refractivity contribution >= 4 is 29.1 Å². The van der Waals surface area contributed by atoms with Gasteiger partial charge in [-0.3, -0.25) is 19.3 Å². The number of likely N-dealkylation sites (N-methyl/N-ethyl adjacent to an activating group) is 1. The van der Waals surface area contributed by atoms with E-state index in [0.29, 0.717) is 37.8 Å². The van der Waals surface area contributed by atoms with Gasteiger partial charge in [-0.05, 0) is 49.6 Å². The molecule has 0 spiro atoms. The lowest BCUT2D eigenvalue weighted by atomic mass is 9.85. The van der Waals surface area contributed by atoms with E-state index < -0.39 is 17.9 Å². The molecule has 3 N–H and O–H groups in total. The molecule has 1 saturated heterocycles. The average molecular weight is 388 g/mol. The molecule has 3 amide bonds. The third-order valence-corrected chi connectivity index (χ3v) is 5.44. The van der Waals surface area contributed by atoms with Crippen LogP contribution in [0.2, 0.25) is 0 Å². The molecule has 1 atom stereocenters. The number of ether oxygens (including phenoxy) is 1. The molecule has 8 nitrogen and oxygen atoms in total. The standard InChI is InChI=1S/C20H28N4O4/c1-2-23(12-14-4-3-5-14)18(19(21)26)20(27)22-15-6-8-16(9-7-15)24-10-11-28-13-17(24)25/h6-9,14,18H,2-5,10-13H2,1H3,(H2,21,26)(H,22,27)/t18-/m1/s1. The molecular weight excluding hydrogens is 360 g/mol. The maximum absolute atomic E-state index is 12.7. The minimum absolute atomic E-state index is 0.0760. The lowest BCUT2D eigenvalue weighted by molar-refractivity contribution is -0.133. The van der Waals surface area contributed by atoms with Gasteiger partial charge in [-0.15, -0.1) is 0 Å². The number of benzene rings is 1. The van der Waals surface area contributed by atoms with Crippen LogP contribution in [0.15, 0.2) is 24.3 Å². The summed E-state index contributed by atoms with van der Waals surface area (Å²) in [6.07, 6.45) is 3.46. The van der Waals surface area contributed by atoms with Crippen LogP contribution in [0, 0.1) is 5.92 Å². The summed E-state index contributed by atoms with van der Waals surface area (Å²) in [5.41, 5.74) is 6.85. The van der Waals surface area contributed by atoms with Crippen molar-refractivity contribution in [2.24, 2.45) is 11.7 Å². The number of primary amides is 1. The zero-order valence-electron chi connectivity index (χ0n) is 16.2. The molecule has 8 heteroatoms. The summed E-state index contributed by atoms with van der Waals surface area (Å²) in [7, 11) is 0. The summed E-state index contributed by atoms with van der Waals surface area (Å²) in [6, 6.07) is 5.98. The van der Waals surface area contributed by atoms with Crippen LogP contribution in [0.1, 0.15) is 26.2 Å². The molecule has 2 fully saturated rings. The molecule has 0 radical (unpaired) electrons. The fourth-order valence-electron chi connectivity index (χ4n) is 3.63. The molecule has 152 valence electrons. The van der Waals surface area contributed by atoms with Gasteiger partial charge in [-0.1, -0.05) is 13.3 Å². The number of nitrogens with two attached hydrogens (primary N) is 1. The smallest absolute Gasteiger partial charge is 0.253 e. The van der Waals surface area contributed by atoms with Gasteiger partial charge in [0.15, 0.2) is 6.04 Å². The van der Waals surface area contributed by atoms with Crippen LogP contribution in [-0.2, 0) is 19.1 Å². The van der Waals surface area contributed by atoms with Crippen LogP contribution in [0.5, 0.6) is 0 Å². The molecule has 1 saturated carbocycles. The first-order valence-electron chi connectivity index (χ1n) is 9.82. The molecule has 28 heavy (non-hydrogen) atoms. The Labute approximate surface area is 165 Å². The summed E-state index contributed by atoms with van der Waals surface area (Å²) < 4.78 is 5.13. The van der Waals surface area contributed by atoms with Crippen molar-refractivity contribution in [1.29, 1.82) is 0 Å². The monoisotopic (exact) mass is 388 g/mol. The number of hydrogen-bond acceptors (Lipinski definition) is 5. The van der Waals surface area contributed by atoms with Gasteiger partial charge < -0.3 is 20.7 Å². The van der Waals surface area contributed by atoms with Gasteiger partial charge in [0.25, 0.3) is 11.8 Å². The number of carbonyl (C=O) groups excluding carboxylic acids is 3. The number of anilines is 2. The van der Waals surface area contributed by atoms with E-state index in [9.17, 15) is 14.4 Å². The molecule has 0 unspecified atom stereocenters. The molecule has 1 aromatic carbocycles. The number of nitrogens with zero attached hydrogens (tertiary/aromatic N) is 2. The second-order valence-corrected chi connectivity index (χ2v) is 7.32. The Bertz CT molecular complexity index is 717. The first-order valence-corrected chi connectivity index (χ1v) is 9.82. The highest BCUT2D eigenvalue weighted by atomic mass is 16.5. The van der Waals surface area contributed by atoms with Crippen molar-refractivity contribution in [3.05, 3.63) is 24.3 Å². The van der Waals surface area contributed by atoms with Crippen LogP contribution < -0.4 is 16.0 Å². The van der Waals surface area contributed by atoms with Crippen molar-refractivity contribution in [3.63, 3.8) is 0 Å². The second-order valence-electron chi connectivity index (χ2n) is 7.32. The third-order valence-electron chi connectivity index (χ3n) is 5.44. The number of rotatable bonds is 8. The quantitative estimate of drug-likeness (QED) is 0.646. The van der Waals surface area contributed by atoms with Gasteiger partial charge in [-0.25, -0.2) is 0 Å². The fourth-order valence-corrected chi connectivity index (χ4v) is 3.63. The Balaban J connectivity index is 1.65. The maximum atomic E-state index is 12.7. The summed E-state index contributed by atoms with van der Waals surface area (Å²) in [5, 5.41) is 2.78. The highest BCUT2D eigenvalue weighted by molar-refractivity contribution is 6.09. The Hall–Kier alpha value is -2.45. The van der Waals surface area contributed by atoms with E-state index >= 15 is 0 Å². The second kappa shape index (κ2) is 9.16. The van der Waals surface area contributed by atoms with Crippen LogP contribution in [0.4, 0.5) is 11.4 Å². The van der Waals surface area contributed by atoms with Crippen LogP contribution in [0.3, 0.4) is 0 Å². The largest absolute Gasteiger partial charge is 0.370 e. The number of amides is 3. The lowest BCUT2D eigenvalue weighted by Crippen LogP contribution is -2.53. The average Bonchev–Trinajstić information content (AvgIpc) is 2.64. The van der Waals surface area contributed by atoms with Gasteiger partial charge in [-0.2, -0.15) is 0 Å². The topological polar surface area (TPSA) is 105 Å². The van der Waals surface area contributed by atoms with E-state index in [1.807, 2.05) is 11.8 Å². The fraction of sp³-hybridized carbons (Fsp3) is 0.550. The van der Waals surface area contributed by atoms with Crippen molar-refractivity contribution < 1.29 is 19.1 Å². The summed E-state index contributed by atoms with van der Waals surface area (Å²) in [5.74, 6) is -0.635. The molecule has 3 rings (SSSR count). The molecule has 0 bridgehead atoms. The Morgan fingerprint density at radius 1 is 1.32 bits per heavy atom. The van der Waals surface area contributed by atoms with Gasteiger partial charge in [0.05, 0.1) is 6.61 Å². The zero-order chi connectivity index (χ0) is 20.1. The highest BCUT2D eigenvalue weighted by Gasteiger charge is 2.33. The SMILES string of the molecule is CCN(CC1CCC1)[C@H](C(N)=O)C(=O)Nc1ccc(N2CCOCC2=O)cc1. The number of carbonyl (C=O) groups is 3. The van der Waals surface area contributed by atoms with E-state index in [1.165, 1.54) is 6.42 Å². The molecule has 0 aromatic heterocycles. The molecular formula is C20H28N4O4. The molecule has 1 aromatic rings. The lowest BCUT2D eigenvalue weighted by Gasteiger charge is -2.34. The van der Waals surface area contributed by atoms with E-state index in [0.717, 1.165) is 18.5 Å². The van der Waals surface area contributed by atoms with E-state index in [2.05, 4.69) is 5.32 Å². The van der Waals surface area contributed by atoms with E-state index in [4.69, 9.17) is 10.5 Å². The van der Waals surface area contributed by atoms with Crippen LogP contribution >= 0.6 is 0 Å². The Morgan fingerprint density at radius 2 is 2.04 bits per heavy atom. The first-order chi connectivity index (χ1) is 13.5. The molecule has 1 aliphatic heterocycles. The predicted molar refractivity (Wildman–Crippen MR) is 106 cm³/mol. The maximum Gasteiger partial charge on any atom is 0.253 e. The summed E-state index contributed by atoms with van der Waals surface area (Å²) in [6.45, 7) is 4.28. The van der Waals surface area contributed by atoms with E-state index in [1.54, 1.807) is 29.2 Å². The van der Waals surface area contributed by atoms with Gasteiger partial charge in [0.1, 0.15) is 6.61 Å². The van der Waals surface area contributed by atoms with Crippen LogP contribution in [-0.4, -0.2) is 61.5 Å². The first kappa shape index (κ1) is 20.3. The zero-order valence-corrected chi connectivity index (χ0v) is 16.2. The molecule has 1 aliphatic carbocycles. The summed E-state index contributed by atoms with van der Waals surface area (Å²) >= 11 is 0. The highest BCUT2D eigenvalue weighted by Crippen LogP contribution is 2.28. The van der Waals surface area contributed by atoms with Crippen LogP contribution in [0.25, 0.3) is 0 Å². The van der Waals surface area contributed by atoms with Crippen molar-refractivity contribution in [1.82, 2.24) is 4.90 Å². The molecule has 1 heterocycles.